The summed E-state index contributed by atoms with van der Waals surface area (Å²) < 4.78 is 7.28. The predicted molar refractivity (Wildman–Crippen MR) is 82.3 cm³/mol. The van der Waals surface area contributed by atoms with E-state index in [1.807, 2.05) is 30.7 Å². The molecule has 21 heavy (non-hydrogen) atoms. The summed E-state index contributed by atoms with van der Waals surface area (Å²) in [5.41, 5.74) is 2.05. The van der Waals surface area contributed by atoms with Crippen molar-refractivity contribution in [3.63, 3.8) is 0 Å². The van der Waals surface area contributed by atoms with Crippen LogP contribution in [0.1, 0.15) is 11.3 Å². The normalized spacial score (nSPS) is 11.0. The van der Waals surface area contributed by atoms with Crippen LogP contribution in [0.2, 0.25) is 5.15 Å². The number of aryl methyl sites for hydroxylation is 1. The Morgan fingerprint density at radius 3 is 2.81 bits per heavy atom. The smallest absolute Gasteiger partial charge is 0.191 e. The number of nitrogens with zero attached hydrogens (tertiary/aromatic N) is 4. The maximum Gasteiger partial charge on any atom is 0.191 e. The lowest BCUT2D eigenvalue weighted by Crippen LogP contribution is -1.95. The van der Waals surface area contributed by atoms with Gasteiger partial charge in [0.1, 0.15) is 10.9 Å². The first-order chi connectivity index (χ1) is 10.1. The van der Waals surface area contributed by atoms with E-state index in [1.54, 1.807) is 30.3 Å². The van der Waals surface area contributed by atoms with Crippen LogP contribution in [-0.2, 0) is 12.8 Å². The molecule has 0 aliphatic rings. The van der Waals surface area contributed by atoms with Crippen molar-refractivity contribution in [1.82, 2.24) is 19.7 Å². The van der Waals surface area contributed by atoms with E-state index in [2.05, 4.69) is 15.2 Å². The molecule has 7 heteroatoms. The van der Waals surface area contributed by atoms with Crippen molar-refractivity contribution in [1.29, 1.82) is 0 Å². The third-order valence-corrected chi connectivity index (χ3v) is 4.41. The highest BCUT2D eigenvalue weighted by Gasteiger charge is 2.14. The van der Waals surface area contributed by atoms with Crippen LogP contribution in [0.5, 0.6) is 0 Å². The third-order valence-electron chi connectivity index (χ3n) is 3.09. The number of furan rings is 1. The van der Waals surface area contributed by atoms with Gasteiger partial charge in [0.05, 0.1) is 11.8 Å². The first-order valence-electron chi connectivity index (χ1n) is 6.32. The zero-order valence-electron chi connectivity index (χ0n) is 11.6. The summed E-state index contributed by atoms with van der Waals surface area (Å²) in [6.45, 7) is 1.91. The number of hydrogen-bond acceptors (Lipinski definition) is 5. The minimum Gasteiger partial charge on any atom is -0.469 e. The Balaban J connectivity index is 1.77. The fraction of sp³-hybridized carbons (Fsp3) is 0.214. The Bertz CT molecular complexity index is 751. The van der Waals surface area contributed by atoms with E-state index in [0.29, 0.717) is 5.15 Å². The second-order valence-corrected chi connectivity index (χ2v) is 5.86. The van der Waals surface area contributed by atoms with Gasteiger partial charge in [0.25, 0.3) is 0 Å². The zero-order valence-corrected chi connectivity index (χ0v) is 13.1. The van der Waals surface area contributed by atoms with E-state index in [4.69, 9.17) is 16.0 Å². The van der Waals surface area contributed by atoms with Crippen LogP contribution in [-0.4, -0.2) is 19.7 Å². The van der Waals surface area contributed by atoms with Crippen molar-refractivity contribution < 1.29 is 4.42 Å². The van der Waals surface area contributed by atoms with Crippen LogP contribution in [0.15, 0.2) is 40.2 Å². The number of hydrogen-bond donors (Lipinski definition) is 0. The Morgan fingerprint density at radius 2 is 2.14 bits per heavy atom. The largest absolute Gasteiger partial charge is 0.469 e. The standard InChI is InChI=1S/C14H13ClN4OS/c1-9-11(5-6-20-9)13-17-18-14(19(13)2)21-8-10-3-4-12(15)16-7-10/h3-7H,8H2,1-2H3. The topological polar surface area (TPSA) is 56.7 Å². The van der Waals surface area contributed by atoms with Crippen LogP contribution in [0.3, 0.4) is 0 Å². The van der Waals surface area contributed by atoms with Gasteiger partial charge in [-0.3, -0.25) is 0 Å². The highest BCUT2D eigenvalue weighted by Crippen LogP contribution is 2.27. The van der Waals surface area contributed by atoms with Gasteiger partial charge >= 0.3 is 0 Å². The molecular weight excluding hydrogens is 308 g/mol. The molecule has 0 N–H and O–H groups in total. The minimum atomic E-state index is 0.500. The molecule has 3 rings (SSSR count). The molecule has 3 aromatic rings. The first-order valence-corrected chi connectivity index (χ1v) is 7.68. The van der Waals surface area contributed by atoms with Gasteiger partial charge in [-0.1, -0.05) is 29.4 Å². The van der Waals surface area contributed by atoms with Crippen molar-refractivity contribution in [2.24, 2.45) is 7.05 Å². The van der Waals surface area contributed by atoms with Gasteiger partial charge in [0.15, 0.2) is 11.0 Å². The molecule has 0 atom stereocenters. The Hall–Kier alpha value is -1.79. The second kappa shape index (κ2) is 5.91. The molecule has 0 radical (unpaired) electrons. The van der Waals surface area contributed by atoms with Crippen molar-refractivity contribution in [3.05, 3.63) is 47.1 Å². The van der Waals surface area contributed by atoms with Crippen LogP contribution in [0.25, 0.3) is 11.4 Å². The van der Waals surface area contributed by atoms with E-state index in [9.17, 15) is 0 Å². The number of thioether (sulfide) groups is 1. The molecule has 0 unspecified atom stereocenters. The van der Waals surface area contributed by atoms with E-state index >= 15 is 0 Å². The fourth-order valence-electron chi connectivity index (χ4n) is 1.93. The highest BCUT2D eigenvalue weighted by molar-refractivity contribution is 7.98. The average Bonchev–Trinajstić information content (AvgIpc) is 3.04. The number of halogens is 1. The van der Waals surface area contributed by atoms with Crippen molar-refractivity contribution >= 4 is 23.4 Å². The van der Waals surface area contributed by atoms with Gasteiger partial charge in [0.2, 0.25) is 0 Å². The molecule has 5 nitrogen and oxygen atoms in total. The van der Waals surface area contributed by atoms with Crippen LogP contribution >= 0.6 is 23.4 Å². The molecule has 0 fully saturated rings. The Labute approximate surface area is 131 Å². The molecular formula is C14H13ClN4OS. The summed E-state index contributed by atoms with van der Waals surface area (Å²) >= 11 is 7.38. The van der Waals surface area contributed by atoms with Crippen LogP contribution < -0.4 is 0 Å². The maximum atomic E-state index is 5.78. The molecule has 0 bridgehead atoms. The number of rotatable bonds is 4. The van der Waals surface area contributed by atoms with Crippen LogP contribution in [0, 0.1) is 6.92 Å². The first kappa shape index (κ1) is 14.2. The monoisotopic (exact) mass is 320 g/mol. The van der Waals surface area contributed by atoms with Gasteiger partial charge in [-0.2, -0.15) is 0 Å². The predicted octanol–water partition coefficient (Wildman–Crippen LogP) is 3.72. The number of pyridine rings is 1. The van der Waals surface area contributed by atoms with Crippen molar-refractivity contribution in [2.75, 3.05) is 0 Å². The zero-order chi connectivity index (χ0) is 14.8. The lowest BCUT2D eigenvalue weighted by Gasteiger charge is -2.03. The van der Waals surface area contributed by atoms with E-state index < -0.39 is 0 Å². The summed E-state index contributed by atoms with van der Waals surface area (Å²) in [5, 5.41) is 9.82. The highest BCUT2D eigenvalue weighted by atomic mass is 35.5. The molecule has 3 heterocycles. The molecule has 0 amide bonds. The van der Waals surface area contributed by atoms with E-state index in [1.165, 1.54) is 0 Å². The molecule has 0 aromatic carbocycles. The average molecular weight is 321 g/mol. The van der Waals surface area contributed by atoms with Gasteiger partial charge < -0.3 is 8.98 Å². The second-order valence-electron chi connectivity index (χ2n) is 4.53. The quantitative estimate of drug-likeness (QED) is 0.541. The van der Waals surface area contributed by atoms with E-state index in [0.717, 1.165) is 33.6 Å². The molecule has 0 saturated heterocycles. The van der Waals surface area contributed by atoms with E-state index in [-0.39, 0.29) is 0 Å². The lowest BCUT2D eigenvalue weighted by atomic mass is 10.2. The minimum absolute atomic E-state index is 0.500. The Morgan fingerprint density at radius 1 is 1.29 bits per heavy atom. The lowest BCUT2D eigenvalue weighted by molar-refractivity contribution is 0.534. The van der Waals surface area contributed by atoms with Gasteiger partial charge in [-0.25, -0.2) is 4.98 Å². The third kappa shape index (κ3) is 2.96. The molecule has 0 spiro atoms. The van der Waals surface area contributed by atoms with Crippen LogP contribution in [0.4, 0.5) is 0 Å². The summed E-state index contributed by atoms with van der Waals surface area (Å²) in [7, 11) is 1.95. The van der Waals surface area contributed by atoms with Gasteiger partial charge in [0, 0.05) is 19.0 Å². The maximum absolute atomic E-state index is 5.78. The molecule has 108 valence electrons. The molecule has 0 aliphatic heterocycles. The molecule has 0 aliphatic carbocycles. The Kier molecular flexibility index (Phi) is 3.98. The molecule has 3 aromatic heterocycles. The summed E-state index contributed by atoms with van der Waals surface area (Å²) in [5.74, 6) is 2.41. The van der Waals surface area contributed by atoms with Gasteiger partial charge in [-0.15, -0.1) is 10.2 Å². The number of aromatic nitrogens is 4. The summed E-state index contributed by atoms with van der Waals surface area (Å²) in [4.78, 5) is 4.07. The SMILES string of the molecule is Cc1occc1-c1nnc(SCc2ccc(Cl)nc2)n1C. The van der Waals surface area contributed by atoms with Crippen molar-refractivity contribution in [3.8, 4) is 11.4 Å². The summed E-state index contributed by atoms with van der Waals surface area (Å²) in [6.07, 6.45) is 3.43. The fourth-order valence-corrected chi connectivity index (χ4v) is 2.89. The van der Waals surface area contributed by atoms with Crippen molar-refractivity contribution in [2.45, 2.75) is 17.8 Å². The van der Waals surface area contributed by atoms with Gasteiger partial charge in [-0.05, 0) is 24.6 Å². The summed E-state index contributed by atoms with van der Waals surface area (Å²) in [6, 6.07) is 5.64. The molecule has 0 saturated carbocycles.